The monoisotopic (exact) mass is 331 g/mol. The number of halogens is 1. The summed E-state index contributed by atoms with van der Waals surface area (Å²) in [7, 11) is -3.62. The molecule has 8 heteroatoms. The van der Waals surface area contributed by atoms with Gasteiger partial charge in [-0.25, -0.2) is 18.1 Å². The summed E-state index contributed by atoms with van der Waals surface area (Å²) in [5, 5.41) is 1.06. The van der Waals surface area contributed by atoms with Gasteiger partial charge in [-0.05, 0) is 24.6 Å². The average molecular weight is 332 g/mol. The summed E-state index contributed by atoms with van der Waals surface area (Å²) in [4.78, 5) is 5.37. The van der Waals surface area contributed by atoms with E-state index >= 15 is 0 Å². The molecule has 0 saturated carbocycles. The number of thiazole rings is 1. The maximum Gasteiger partial charge on any atom is 0.241 e. The molecule has 1 aromatic heterocycles. The van der Waals surface area contributed by atoms with Gasteiger partial charge in [0.15, 0.2) is 0 Å². The Morgan fingerprint density at radius 2 is 2.20 bits per heavy atom. The van der Waals surface area contributed by atoms with Crippen molar-refractivity contribution in [3.63, 3.8) is 0 Å². The molecule has 0 aliphatic heterocycles. The highest BCUT2D eigenvalue weighted by atomic mass is 35.5. The Balaban J connectivity index is 2.12. The first-order valence-corrected chi connectivity index (χ1v) is 8.58. The summed E-state index contributed by atoms with van der Waals surface area (Å²) >= 11 is 7.26. The molecule has 0 amide bonds. The van der Waals surface area contributed by atoms with Crippen LogP contribution in [0, 0.1) is 0 Å². The number of hydrogen-bond acceptors (Lipinski definition) is 5. The van der Waals surface area contributed by atoms with E-state index in [9.17, 15) is 8.42 Å². The van der Waals surface area contributed by atoms with Gasteiger partial charge in [-0.15, -0.1) is 11.3 Å². The van der Waals surface area contributed by atoms with Gasteiger partial charge in [0, 0.05) is 11.1 Å². The van der Waals surface area contributed by atoms with Crippen LogP contribution in [0.1, 0.15) is 16.8 Å². The summed E-state index contributed by atoms with van der Waals surface area (Å²) in [5.41, 5.74) is 5.84. The fourth-order valence-electron chi connectivity index (χ4n) is 1.52. The van der Waals surface area contributed by atoms with E-state index in [0.717, 1.165) is 16.3 Å². The van der Waals surface area contributed by atoms with Gasteiger partial charge < -0.3 is 5.73 Å². The van der Waals surface area contributed by atoms with Crippen LogP contribution in [0.2, 0.25) is 5.02 Å². The first-order chi connectivity index (χ1) is 9.42. The van der Waals surface area contributed by atoms with E-state index in [1.54, 1.807) is 6.20 Å². The van der Waals surface area contributed by atoms with Crippen LogP contribution in [0.5, 0.6) is 0 Å². The zero-order valence-corrected chi connectivity index (χ0v) is 13.1. The SMILES string of the molecule is CCc1cnc(CNS(=O)(=O)c2ccc(Cl)c(N)c2)s1. The predicted molar refractivity (Wildman–Crippen MR) is 81.4 cm³/mol. The quantitative estimate of drug-likeness (QED) is 0.824. The topological polar surface area (TPSA) is 85.1 Å². The van der Waals surface area contributed by atoms with E-state index < -0.39 is 10.0 Å². The first kappa shape index (κ1) is 15.2. The maximum absolute atomic E-state index is 12.1. The van der Waals surface area contributed by atoms with Crippen molar-refractivity contribution in [3.8, 4) is 0 Å². The number of nitrogens with one attached hydrogen (secondary N) is 1. The molecule has 0 aliphatic carbocycles. The number of aryl methyl sites for hydroxylation is 1. The number of anilines is 1. The molecule has 0 saturated heterocycles. The molecule has 5 nitrogen and oxygen atoms in total. The molecule has 20 heavy (non-hydrogen) atoms. The molecule has 2 aromatic rings. The molecule has 3 N–H and O–H groups in total. The molecule has 0 atom stereocenters. The van der Waals surface area contributed by atoms with Crippen molar-refractivity contribution in [3.05, 3.63) is 39.3 Å². The summed E-state index contributed by atoms with van der Waals surface area (Å²) in [6, 6.07) is 4.22. The minimum absolute atomic E-state index is 0.0895. The van der Waals surface area contributed by atoms with E-state index in [-0.39, 0.29) is 17.1 Å². The second kappa shape index (κ2) is 6.09. The van der Waals surface area contributed by atoms with Gasteiger partial charge in [0.25, 0.3) is 0 Å². The second-order valence-corrected chi connectivity index (χ2v) is 7.46. The molecule has 1 aromatic carbocycles. The Morgan fingerprint density at radius 3 is 2.80 bits per heavy atom. The Labute approximate surface area is 126 Å². The van der Waals surface area contributed by atoms with Gasteiger partial charge in [0.2, 0.25) is 10.0 Å². The zero-order valence-electron chi connectivity index (χ0n) is 10.8. The van der Waals surface area contributed by atoms with Crippen LogP contribution < -0.4 is 10.5 Å². The van der Waals surface area contributed by atoms with E-state index in [1.807, 2.05) is 6.92 Å². The number of nitrogens with zero attached hydrogens (tertiary/aromatic N) is 1. The van der Waals surface area contributed by atoms with Crippen LogP contribution in [0.3, 0.4) is 0 Å². The molecule has 1 heterocycles. The van der Waals surface area contributed by atoms with Crippen molar-refractivity contribution < 1.29 is 8.42 Å². The summed E-state index contributed by atoms with van der Waals surface area (Å²) in [6.45, 7) is 2.19. The van der Waals surface area contributed by atoms with Crippen LogP contribution in [0.25, 0.3) is 0 Å². The number of aromatic nitrogens is 1. The highest BCUT2D eigenvalue weighted by Gasteiger charge is 2.15. The molecule has 0 radical (unpaired) electrons. The third kappa shape index (κ3) is 3.49. The van der Waals surface area contributed by atoms with Gasteiger partial charge in [-0.3, -0.25) is 0 Å². The van der Waals surface area contributed by atoms with Crippen molar-refractivity contribution in [2.24, 2.45) is 0 Å². The standard InChI is InChI=1S/C12H14ClN3O2S2/c1-2-8-6-15-12(19-8)7-16-20(17,18)9-3-4-10(13)11(14)5-9/h3-6,16H,2,7,14H2,1H3. The minimum atomic E-state index is -3.62. The lowest BCUT2D eigenvalue weighted by atomic mass is 10.3. The van der Waals surface area contributed by atoms with Crippen LogP contribution >= 0.6 is 22.9 Å². The number of nitrogen functional groups attached to an aromatic ring is 1. The van der Waals surface area contributed by atoms with Crippen LogP contribution in [0.4, 0.5) is 5.69 Å². The van der Waals surface area contributed by atoms with Crippen LogP contribution in [-0.4, -0.2) is 13.4 Å². The van der Waals surface area contributed by atoms with E-state index in [1.165, 1.54) is 29.5 Å². The molecule has 2 rings (SSSR count). The Hall–Kier alpha value is -1.15. The highest BCUT2D eigenvalue weighted by Crippen LogP contribution is 2.22. The van der Waals surface area contributed by atoms with E-state index in [0.29, 0.717) is 5.02 Å². The zero-order chi connectivity index (χ0) is 14.8. The lowest BCUT2D eigenvalue weighted by molar-refractivity contribution is 0.581. The van der Waals surface area contributed by atoms with Crippen molar-refractivity contribution >= 4 is 38.6 Å². The van der Waals surface area contributed by atoms with Crippen molar-refractivity contribution in [2.75, 3.05) is 5.73 Å². The number of hydrogen-bond donors (Lipinski definition) is 2. The number of nitrogens with two attached hydrogens (primary N) is 1. The molecule has 0 unspecified atom stereocenters. The maximum atomic E-state index is 12.1. The molecule has 0 spiro atoms. The molecular weight excluding hydrogens is 318 g/mol. The highest BCUT2D eigenvalue weighted by molar-refractivity contribution is 7.89. The van der Waals surface area contributed by atoms with Gasteiger partial charge in [0.05, 0.1) is 22.2 Å². The third-order valence-electron chi connectivity index (χ3n) is 2.64. The second-order valence-electron chi connectivity index (χ2n) is 4.08. The first-order valence-electron chi connectivity index (χ1n) is 5.90. The fourth-order valence-corrected chi connectivity index (χ4v) is 3.56. The predicted octanol–water partition coefficient (Wildman–Crippen LogP) is 2.42. The van der Waals surface area contributed by atoms with Crippen LogP contribution in [0.15, 0.2) is 29.3 Å². The van der Waals surface area contributed by atoms with Crippen LogP contribution in [-0.2, 0) is 23.0 Å². The van der Waals surface area contributed by atoms with Crippen molar-refractivity contribution in [1.82, 2.24) is 9.71 Å². The van der Waals surface area contributed by atoms with E-state index in [4.69, 9.17) is 17.3 Å². The Bertz CT molecular complexity index is 713. The summed E-state index contributed by atoms with van der Waals surface area (Å²) < 4.78 is 26.7. The van der Waals surface area contributed by atoms with Gasteiger partial charge in [-0.2, -0.15) is 0 Å². The Kier molecular flexibility index (Phi) is 4.64. The van der Waals surface area contributed by atoms with Gasteiger partial charge in [0.1, 0.15) is 5.01 Å². The minimum Gasteiger partial charge on any atom is -0.397 e. The van der Waals surface area contributed by atoms with Gasteiger partial charge >= 0.3 is 0 Å². The number of benzene rings is 1. The van der Waals surface area contributed by atoms with Crippen molar-refractivity contribution in [2.45, 2.75) is 24.8 Å². The summed E-state index contributed by atoms with van der Waals surface area (Å²) in [5.74, 6) is 0. The molecule has 0 bridgehead atoms. The third-order valence-corrected chi connectivity index (χ3v) is 5.53. The molecule has 0 fully saturated rings. The molecule has 0 aliphatic rings. The number of rotatable bonds is 5. The molecular formula is C12H14ClN3O2S2. The normalized spacial score (nSPS) is 11.7. The summed E-state index contributed by atoms with van der Waals surface area (Å²) in [6.07, 6.45) is 2.65. The van der Waals surface area contributed by atoms with E-state index in [2.05, 4.69) is 9.71 Å². The van der Waals surface area contributed by atoms with Gasteiger partial charge in [-0.1, -0.05) is 18.5 Å². The largest absolute Gasteiger partial charge is 0.397 e. The number of sulfonamides is 1. The average Bonchev–Trinajstić information content (AvgIpc) is 2.87. The Morgan fingerprint density at radius 1 is 1.45 bits per heavy atom. The molecule has 108 valence electrons. The lowest BCUT2D eigenvalue weighted by Gasteiger charge is -2.06. The lowest BCUT2D eigenvalue weighted by Crippen LogP contribution is -2.23. The fraction of sp³-hybridized carbons (Fsp3) is 0.250. The van der Waals surface area contributed by atoms with Crippen molar-refractivity contribution in [1.29, 1.82) is 0 Å². The smallest absolute Gasteiger partial charge is 0.241 e.